The SMILES string of the molecule is C[Si](C)(C)OC[C@@H]1O[C@H](O)[C@@H](O[Si](C)(C)C)[C@H](O[Si](C)(C)C)C1O[C@H]1O[C@@H](CO[Si](C)(C)C)[C@H](O[Si](C)(C)C)[C@@H](O[Si](C)(C)C)[C@@H]1O[Si](C)(C)C. The molecule has 0 spiro atoms. The smallest absolute Gasteiger partial charge is 0.186 e. The minimum atomic E-state index is -2.23. The molecule has 0 aromatic carbocycles. The third-order valence-corrected chi connectivity index (χ3v) is 14.3. The molecule has 0 aromatic heterocycles. The van der Waals surface area contributed by atoms with Crippen LogP contribution >= 0.6 is 0 Å². The van der Waals surface area contributed by atoms with E-state index in [9.17, 15) is 5.11 Å². The highest BCUT2D eigenvalue weighted by Gasteiger charge is 2.56. The molecule has 0 aliphatic carbocycles. The largest absolute Gasteiger partial charge is 0.415 e. The molecular formula is C33H78O11Si7. The van der Waals surface area contributed by atoms with Crippen LogP contribution in [0.1, 0.15) is 0 Å². The third kappa shape index (κ3) is 18.3. The predicted molar refractivity (Wildman–Crippen MR) is 224 cm³/mol. The second-order valence-electron chi connectivity index (χ2n) is 21.0. The average Bonchev–Trinajstić information content (AvgIpc) is 2.84. The predicted octanol–water partition coefficient (Wildman–Crippen LogP) is 7.62. The highest BCUT2D eigenvalue weighted by atomic mass is 28.4. The standard InChI is InChI=1S/C33H78O11Si7/c1-45(2,3)35-22-24-26(28(41-48(10,11)12)30(32(34)37-24)43-50(16,17)18)39-33-31(44-51(19,20)21)29(42-49(13,14)15)27(40-47(7,8)9)25(38-33)23-36-46(4,5)6/h24-34H,22-23H2,1-21H3/t24-,25-,26?,27-,28+,29+,30-,31-,32-,33+/m0/s1. The van der Waals surface area contributed by atoms with E-state index >= 15 is 0 Å². The second-order valence-corrected chi connectivity index (χ2v) is 52.4. The second kappa shape index (κ2) is 17.7. The summed E-state index contributed by atoms with van der Waals surface area (Å²) < 4.78 is 68.5. The van der Waals surface area contributed by atoms with Crippen molar-refractivity contribution in [2.75, 3.05) is 13.2 Å². The maximum absolute atomic E-state index is 11.5. The van der Waals surface area contributed by atoms with Crippen LogP contribution in [-0.4, -0.2) is 138 Å². The molecule has 0 amide bonds. The van der Waals surface area contributed by atoms with Gasteiger partial charge in [-0.05, 0) is 137 Å². The Morgan fingerprint density at radius 3 is 1.06 bits per heavy atom. The maximum Gasteiger partial charge on any atom is 0.186 e. The van der Waals surface area contributed by atoms with Crippen molar-refractivity contribution >= 4 is 58.2 Å². The van der Waals surface area contributed by atoms with Crippen molar-refractivity contribution in [2.45, 2.75) is 199 Å². The van der Waals surface area contributed by atoms with Crippen LogP contribution in [0.15, 0.2) is 0 Å². The summed E-state index contributed by atoms with van der Waals surface area (Å²) in [4.78, 5) is 0. The van der Waals surface area contributed by atoms with E-state index in [0.717, 1.165) is 0 Å². The fourth-order valence-electron chi connectivity index (χ4n) is 5.84. The van der Waals surface area contributed by atoms with E-state index in [1.165, 1.54) is 0 Å². The van der Waals surface area contributed by atoms with Gasteiger partial charge in [-0.25, -0.2) is 0 Å². The highest BCUT2D eigenvalue weighted by Crippen LogP contribution is 2.38. The first-order valence-electron chi connectivity index (χ1n) is 18.8. The fourth-order valence-corrected chi connectivity index (χ4v) is 12.6. The fraction of sp³-hybridized carbons (Fsp3) is 1.00. The lowest BCUT2D eigenvalue weighted by atomic mass is 9.97. The zero-order valence-corrected chi connectivity index (χ0v) is 43.2. The van der Waals surface area contributed by atoms with Gasteiger partial charge in [-0.15, -0.1) is 0 Å². The minimum absolute atomic E-state index is 0.229. The van der Waals surface area contributed by atoms with Gasteiger partial charge in [0.15, 0.2) is 70.8 Å². The Hall–Kier alpha value is 1.08. The molecular weight excluding hydrogens is 769 g/mol. The lowest BCUT2D eigenvalue weighted by Crippen LogP contribution is -2.69. The van der Waals surface area contributed by atoms with Gasteiger partial charge < -0.3 is 50.3 Å². The molecule has 0 saturated carbocycles. The van der Waals surface area contributed by atoms with Crippen molar-refractivity contribution in [1.82, 2.24) is 0 Å². The summed E-state index contributed by atoms with van der Waals surface area (Å²) in [6.07, 6.45) is -6.86. The zero-order chi connectivity index (χ0) is 39.8. The normalized spacial score (nSPS) is 32.4. The molecule has 2 fully saturated rings. The minimum Gasteiger partial charge on any atom is -0.415 e. The number of hydrogen-bond donors (Lipinski definition) is 1. The molecule has 1 unspecified atom stereocenters. The van der Waals surface area contributed by atoms with Crippen LogP contribution in [0.5, 0.6) is 0 Å². The van der Waals surface area contributed by atoms with Crippen LogP contribution in [0.3, 0.4) is 0 Å². The third-order valence-electron chi connectivity index (χ3n) is 7.30. The zero-order valence-electron chi connectivity index (χ0n) is 36.2. The Labute approximate surface area is 319 Å². The van der Waals surface area contributed by atoms with E-state index in [1.807, 2.05) is 0 Å². The van der Waals surface area contributed by atoms with Crippen molar-refractivity contribution in [1.29, 1.82) is 0 Å². The van der Waals surface area contributed by atoms with E-state index in [4.69, 9.17) is 45.2 Å². The summed E-state index contributed by atoms with van der Waals surface area (Å²) in [7, 11) is -14.9. The summed E-state index contributed by atoms with van der Waals surface area (Å²) >= 11 is 0. The average molecular weight is 848 g/mol. The van der Waals surface area contributed by atoms with Gasteiger partial charge in [0.25, 0.3) is 0 Å². The molecule has 0 radical (unpaired) electrons. The van der Waals surface area contributed by atoms with Gasteiger partial charge in [0.05, 0.1) is 13.2 Å². The monoisotopic (exact) mass is 846 g/mol. The molecule has 2 heterocycles. The van der Waals surface area contributed by atoms with Crippen molar-refractivity contribution in [3.63, 3.8) is 0 Å². The van der Waals surface area contributed by atoms with E-state index in [0.29, 0.717) is 6.61 Å². The molecule has 2 saturated heterocycles. The Bertz CT molecular complexity index is 1070. The quantitative estimate of drug-likeness (QED) is 0.138. The number of rotatable bonds is 18. The van der Waals surface area contributed by atoms with Gasteiger partial charge in [0, 0.05) is 0 Å². The van der Waals surface area contributed by atoms with Gasteiger partial charge in [-0.1, -0.05) is 0 Å². The van der Waals surface area contributed by atoms with Crippen LogP contribution in [-0.2, 0) is 45.2 Å². The summed E-state index contributed by atoms with van der Waals surface area (Å²) in [5.74, 6) is 0. The van der Waals surface area contributed by atoms with E-state index in [1.54, 1.807) is 0 Å². The number of aliphatic hydroxyl groups excluding tert-OH is 1. The first kappa shape index (κ1) is 48.2. The van der Waals surface area contributed by atoms with Crippen LogP contribution in [0.4, 0.5) is 0 Å². The van der Waals surface area contributed by atoms with E-state index < -0.39 is 120 Å². The molecule has 1 N–H and O–H groups in total. The van der Waals surface area contributed by atoms with Crippen LogP contribution in [0.2, 0.25) is 137 Å². The summed E-state index contributed by atoms with van der Waals surface area (Å²) in [6.45, 7) is 45.9. The maximum atomic E-state index is 11.5. The summed E-state index contributed by atoms with van der Waals surface area (Å²) in [5, 5.41) is 11.5. The van der Waals surface area contributed by atoms with E-state index in [2.05, 4.69) is 137 Å². The lowest BCUT2D eigenvalue weighted by molar-refractivity contribution is -0.346. The summed E-state index contributed by atoms with van der Waals surface area (Å²) in [6, 6.07) is 0. The Morgan fingerprint density at radius 1 is 0.373 bits per heavy atom. The van der Waals surface area contributed by atoms with Gasteiger partial charge in [0.1, 0.15) is 48.8 Å². The molecule has 2 aliphatic rings. The molecule has 10 atom stereocenters. The molecule has 2 aliphatic heterocycles. The van der Waals surface area contributed by atoms with Crippen LogP contribution in [0, 0.1) is 0 Å². The first-order valence-corrected chi connectivity index (χ1v) is 42.7. The number of aliphatic hydroxyl groups is 1. The van der Waals surface area contributed by atoms with Crippen molar-refractivity contribution in [3.05, 3.63) is 0 Å². The van der Waals surface area contributed by atoms with Gasteiger partial charge in [-0.3, -0.25) is 0 Å². The molecule has 11 nitrogen and oxygen atoms in total. The molecule has 0 aromatic rings. The molecule has 51 heavy (non-hydrogen) atoms. The Morgan fingerprint density at radius 2 is 0.686 bits per heavy atom. The van der Waals surface area contributed by atoms with E-state index in [-0.39, 0.29) is 6.61 Å². The van der Waals surface area contributed by atoms with Crippen molar-refractivity contribution < 1.29 is 50.3 Å². The first-order chi connectivity index (χ1) is 22.5. The van der Waals surface area contributed by atoms with Crippen molar-refractivity contribution in [3.8, 4) is 0 Å². The number of ether oxygens (including phenoxy) is 3. The number of hydrogen-bond acceptors (Lipinski definition) is 11. The molecule has 2 rings (SSSR count). The van der Waals surface area contributed by atoms with Crippen molar-refractivity contribution in [2.24, 2.45) is 0 Å². The molecule has 304 valence electrons. The highest BCUT2D eigenvalue weighted by molar-refractivity contribution is 6.72. The van der Waals surface area contributed by atoms with Gasteiger partial charge >= 0.3 is 0 Å². The Kier molecular flexibility index (Phi) is 16.7. The topological polar surface area (TPSA) is 113 Å². The summed E-state index contributed by atoms with van der Waals surface area (Å²) in [5.41, 5.74) is 0. The van der Waals surface area contributed by atoms with Crippen LogP contribution < -0.4 is 0 Å². The molecule has 0 bridgehead atoms. The van der Waals surface area contributed by atoms with Gasteiger partial charge in [-0.2, -0.15) is 0 Å². The molecule has 18 heteroatoms. The van der Waals surface area contributed by atoms with Crippen LogP contribution in [0.25, 0.3) is 0 Å². The van der Waals surface area contributed by atoms with Gasteiger partial charge in [0.2, 0.25) is 0 Å². The lowest BCUT2D eigenvalue weighted by Gasteiger charge is -2.53. The Balaban J connectivity index is 2.83.